The fourth-order valence-corrected chi connectivity index (χ4v) is 2.07. The van der Waals surface area contributed by atoms with Crippen molar-refractivity contribution in [2.75, 3.05) is 11.9 Å². The number of hydrogen-bond acceptors (Lipinski definition) is 4. The highest BCUT2D eigenvalue weighted by Gasteiger charge is 2.08. The molecule has 6 heteroatoms. The third-order valence-electron chi connectivity index (χ3n) is 2.87. The van der Waals surface area contributed by atoms with Gasteiger partial charge >= 0.3 is 0 Å². The van der Waals surface area contributed by atoms with Crippen LogP contribution in [0.2, 0.25) is 5.02 Å². The van der Waals surface area contributed by atoms with E-state index in [9.17, 15) is 10.1 Å². The van der Waals surface area contributed by atoms with Gasteiger partial charge in [-0.15, -0.1) is 6.42 Å². The largest absolute Gasteiger partial charge is 0.481 e. The first-order valence-electron chi connectivity index (χ1n) is 6.43. The van der Waals surface area contributed by atoms with Crippen LogP contribution in [0.1, 0.15) is 5.56 Å². The molecule has 0 heterocycles. The molecule has 0 fully saturated rings. The number of nitrogens with zero attached hydrogens (tertiary/aromatic N) is 1. The molecular formula is C16H13ClN2O3. The third kappa shape index (κ3) is 4.14. The van der Waals surface area contributed by atoms with E-state index in [0.717, 1.165) is 5.56 Å². The number of nitro groups is 1. The summed E-state index contributed by atoms with van der Waals surface area (Å²) in [6, 6.07) is 11.5. The van der Waals surface area contributed by atoms with E-state index in [2.05, 4.69) is 11.2 Å². The minimum absolute atomic E-state index is 0.0277. The van der Waals surface area contributed by atoms with Crippen LogP contribution in [0.3, 0.4) is 0 Å². The first kappa shape index (κ1) is 15.7. The van der Waals surface area contributed by atoms with Crippen LogP contribution in [0.4, 0.5) is 11.4 Å². The van der Waals surface area contributed by atoms with Crippen LogP contribution in [-0.2, 0) is 6.54 Å². The first-order chi connectivity index (χ1) is 10.6. The molecule has 0 aliphatic heterocycles. The molecule has 0 aliphatic carbocycles. The molecule has 2 rings (SSSR count). The lowest BCUT2D eigenvalue weighted by Gasteiger charge is -2.12. The van der Waals surface area contributed by atoms with Gasteiger partial charge in [-0.25, -0.2) is 0 Å². The van der Waals surface area contributed by atoms with Crippen LogP contribution in [0, 0.1) is 22.5 Å². The normalized spacial score (nSPS) is 9.82. The maximum atomic E-state index is 10.8. The zero-order valence-corrected chi connectivity index (χ0v) is 12.3. The predicted molar refractivity (Wildman–Crippen MR) is 86.2 cm³/mol. The van der Waals surface area contributed by atoms with Crippen molar-refractivity contribution in [2.24, 2.45) is 0 Å². The number of terminal acetylenes is 1. The number of nitro benzene ring substituents is 1. The summed E-state index contributed by atoms with van der Waals surface area (Å²) in [4.78, 5) is 10.3. The van der Waals surface area contributed by atoms with Crippen molar-refractivity contribution in [1.82, 2.24) is 0 Å². The Kier molecular flexibility index (Phi) is 5.23. The Hall–Kier alpha value is -2.71. The average Bonchev–Trinajstić information content (AvgIpc) is 2.52. The summed E-state index contributed by atoms with van der Waals surface area (Å²) in [7, 11) is 0. The molecule has 0 saturated carbocycles. The summed E-state index contributed by atoms with van der Waals surface area (Å²) in [5.74, 6) is 3.03. The average molecular weight is 317 g/mol. The minimum atomic E-state index is -0.438. The molecule has 2 aromatic carbocycles. The second-order valence-corrected chi connectivity index (χ2v) is 4.84. The summed E-state index contributed by atoms with van der Waals surface area (Å²) >= 11 is 5.99. The number of rotatable bonds is 6. The van der Waals surface area contributed by atoms with Gasteiger partial charge in [-0.2, -0.15) is 0 Å². The summed E-state index contributed by atoms with van der Waals surface area (Å²) in [6.45, 7) is 0.563. The van der Waals surface area contributed by atoms with Gasteiger partial charge in [0.25, 0.3) is 5.69 Å². The molecule has 0 amide bonds. The van der Waals surface area contributed by atoms with Crippen LogP contribution in [0.25, 0.3) is 0 Å². The van der Waals surface area contributed by atoms with E-state index in [0.29, 0.717) is 23.0 Å². The number of non-ortho nitro benzene ring substituents is 1. The van der Waals surface area contributed by atoms with E-state index < -0.39 is 4.92 Å². The van der Waals surface area contributed by atoms with Gasteiger partial charge in [-0.3, -0.25) is 10.1 Å². The standard InChI is InChI=1S/C16H13ClN2O3/c1-2-8-22-16-7-6-13(17)9-12(16)11-18-14-4-3-5-15(10-14)19(20)21/h1,3-7,9-10,18H,8,11H2. The Balaban J connectivity index is 2.14. The van der Waals surface area contributed by atoms with Crippen LogP contribution < -0.4 is 10.1 Å². The molecule has 0 atom stereocenters. The molecule has 2 aromatic rings. The molecule has 0 aliphatic rings. The summed E-state index contributed by atoms with van der Waals surface area (Å²) in [5, 5.41) is 14.4. The zero-order valence-electron chi connectivity index (χ0n) is 11.6. The number of anilines is 1. The lowest BCUT2D eigenvalue weighted by Crippen LogP contribution is -2.04. The molecule has 0 spiro atoms. The Morgan fingerprint density at radius 2 is 2.14 bits per heavy atom. The van der Waals surface area contributed by atoms with Crippen molar-refractivity contribution < 1.29 is 9.66 Å². The van der Waals surface area contributed by atoms with Crippen molar-refractivity contribution in [3.8, 4) is 18.1 Å². The van der Waals surface area contributed by atoms with E-state index in [1.165, 1.54) is 12.1 Å². The second-order valence-electron chi connectivity index (χ2n) is 4.41. The van der Waals surface area contributed by atoms with Crippen LogP contribution in [0.5, 0.6) is 5.75 Å². The topological polar surface area (TPSA) is 64.4 Å². The number of nitrogens with one attached hydrogen (secondary N) is 1. The highest BCUT2D eigenvalue weighted by molar-refractivity contribution is 6.30. The SMILES string of the molecule is C#CCOc1ccc(Cl)cc1CNc1cccc([N+](=O)[O-])c1. The number of ether oxygens (including phenoxy) is 1. The molecule has 0 unspecified atom stereocenters. The monoisotopic (exact) mass is 316 g/mol. The second kappa shape index (κ2) is 7.34. The summed E-state index contributed by atoms with van der Waals surface area (Å²) in [6.07, 6.45) is 5.19. The molecule has 5 nitrogen and oxygen atoms in total. The van der Waals surface area contributed by atoms with Crippen molar-refractivity contribution in [3.05, 3.63) is 63.2 Å². The van der Waals surface area contributed by atoms with E-state index in [-0.39, 0.29) is 12.3 Å². The van der Waals surface area contributed by atoms with Crippen LogP contribution in [-0.4, -0.2) is 11.5 Å². The van der Waals surface area contributed by atoms with Crippen molar-refractivity contribution >= 4 is 23.0 Å². The lowest BCUT2D eigenvalue weighted by molar-refractivity contribution is -0.384. The van der Waals surface area contributed by atoms with E-state index in [1.807, 2.05) is 0 Å². The molecule has 22 heavy (non-hydrogen) atoms. The highest BCUT2D eigenvalue weighted by atomic mass is 35.5. The van der Waals surface area contributed by atoms with Gasteiger partial charge < -0.3 is 10.1 Å². The van der Waals surface area contributed by atoms with Gasteiger partial charge in [0.05, 0.1) is 4.92 Å². The van der Waals surface area contributed by atoms with Gasteiger partial charge in [-0.1, -0.05) is 23.6 Å². The number of hydrogen-bond donors (Lipinski definition) is 1. The molecule has 0 bridgehead atoms. The smallest absolute Gasteiger partial charge is 0.271 e. The fourth-order valence-electron chi connectivity index (χ4n) is 1.87. The van der Waals surface area contributed by atoms with Gasteiger partial charge in [0.1, 0.15) is 12.4 Å². The van der Waals surface area contributed by atoms with E-state index >= 15 is 0 Å². The molecule has 1 N–H and O–H groups in total. The number of halogens is 1. The molecule has 112 valence electrons. The maximum absolute atomic E-state index is 10.8. The Morgan fingerprint density at radius 3 is 2.86 bits per heavy atom. The Bertz CT molecular complexity index is 726. The van der Waals surface area contributed by atoms with Gasteiger partial charge in [0, 0.05) is 35.0 Å². The van der Waals surface area contributed by atoms with Crippen LogP contribution >= 0.6 is 11.6 Å². The van der Waals surface area contributed by atoms with Gasteiger partial charge in [0.15, 0.2) is 0 Å². The zero-order chi connectivity index (χ0) is 15.9. The van der Waals surface area contributed by atoms with Crippen molar-refractivity contribution in [3.63, 3.8) is 0 Å². The number of benzene rings is 2. The van der Waals surface area contributed by atoms with E-state index in [4.69, 9.17) is 22.8 Å². The van der Waals surface area contributed by atoms with Crippen LogP contribution in [0.15, 0.2) is 42.5 Å². The minimum Gasteiger partial charge on any atom is -0.481 e. The molecule has 0 saturated heterocycles. The first-order valence-corrected chi connectivity index (χ1v) is 6.81. The fraction of sp³-hybridized carbons (Fsp3) is 0.125. The summed E-state index contributed by atoms with van der Waals surface area (Å²) < 4.78 is 5.45. The van der Waals surface area contributed by atoms with Crippen molar-refractivity contribution in [1.29, 1.82) is 0 Å². The highest BCUT2D eigenvalue weighted by Crippen LogP contribution is 2.25. The molecular weight excluding hydrogens is 304 g/mol. The molecule has 0 radical (unpaired) electrons. The van der Waals surface area contributed by atoms with Crippen molar-refractivity contribution in [2.45, 2.75) is 6.54 Å². The quantitative estimate of drug-likeness (QED) is 0.499. The lowest BCUT2D eigenvalue weighted by atomic mass is 10.2. The summed E-state index contributed by atoms with van der Waals surface area (Å²) in [5.41, 5.74) is 1.48. The molecule has 0 aromatic heterocycles. The Morgan fingerprint density at radius 1 is 1.32 bits per heavy atom. The van der Waals surface area contributed by atoms with Gasteiger partial charge in [-0.05, 0) is 24.3 Å². The Labute approximate surface area is 133 Å². The predicted octanol–water partition coefficient (Wildman–Crippen LogP) is 3.87. The third-order valence-corrected chi connectivity index (χ3v) is 3.11. The maximum Gasteiger partial charge on any atom is 0.271 e. The van der Waals surface area contributed by atoms with Gasteiger partial charge in [0.2, 0.25) is 0 Å². The van der Waals surface area contributed by atoms with E-state index in [1.54, 1.807) is 30.3 Å².